The Hall–Kier alpha value is -1.44. The van der Waals surface area contributed by atoms with Gasteiger partial charge in [0.2, 0.25) is 0 Å². The Morgan fingerprint density at radius 1 is 1.47 bits per heavy atom. The van der Waals surface area contributed by atoms with Crippen molar-refractivity contribution in [1.82, 2.24) is 10.2 Å². The number of nitriles is 1. The lowest BCUT2D eigenvalue weighted by Crippen LogP contribution is -2.44. The van der Waals surface area contributed by atoms with Gasteiger partial charge in [0.1, 0.15) is 5.82 Å². The van der Waals surface area contributed by atoms with Gasteiger partial charge in [0.25, 0.3) is 0 Å². The lowest BCUT2D eigenvalue weighted by molar-refractivity contribution is 0.137. The molecule has 1 N–H and O–H groups in total. The van der Waals surface area contributed by atoms with E-state index >= 15 is 0 Å². The molecule has 0 saturated carbocycles. The van der Waals surface area contributed by atoms with Gasteiger partial charge in [-0.2, -0.15) is 5.26 Å². The normalized spacial score (nSPS) is 20.2. The fourth-order valence-electron chi connectivity index (χ4n) is 2.72. The Balaban J connectivity index is 2.12. The van der Waals surface area contributed by atoms with Crippen LogP contribution >= 0.6 is 0 Å². The molecule has 1 heterocycles. The number of likely N-dealkylation sites (N-methyl/N-ethyl adjacent to an activating group) is 1. The van der Waals surface area contributed by atoms with E-state index in [1.54, 1.807) is 6.07 Å². The monoisotopic (exact) mass is 261 g/mol. The molecule has 0 spiro atoms. The Morgan fingerprint density at radius 2 is 2.32 bits per heavy atom. The van der Waals surface area contributed by atoms with E-state index in [1.165, 1.54) is 25.0 Å². The second kappa shape index (κ2) is 6.65. The van der Waals surface area contributed by atoms with Crippen LogP contribution in [0.3, 0.4) is 0 Å². The van der Waals surface area contributed by atoms with E-state index in [2.05, 4.69) is 16.3 Å². The number of nitrogens with one attached hydrogen (secondary N) is 1. The third kappa shape index (κ3) is 3.52. The summed E-state index contributed by atoms with van der Waals surface area (Å²) in [7, 11) is 1.95. The Bertz CT molecular complexity index is 465. The van der Waals surface area contributed by atoms with Crippen LogP contribution in [0.5, 0.6) is 0 Å². The molecule has 1 aliphatic rings. The zero-order chi connectivity index (χ0) is 13.7. The van der Waals surface area contributed by atoms with Crippen molar-refractivity contribution in [3.8, 4) is 6.07 Å². The molecule has 1 fully saturated rings. The third-order valence-corrected chi connectivity index (χ3v) is 3.74. The number of likely N-dealkylation sites (tertiary alicyclic amines) is 1. The van der Waals surface area contributed by atoms with Crippen LogP contribution < -0.4 is 5.32 Å². The molecule has 2 rings (SSSR count). The number of hydrogen-bond acceptors (Lipinski definition) is 3. The number of rotatable bonds is 4. The van der Waals surface area contributed by atoms with E-state index in [0.29, 0.717) is 23.7 Å². The summed E-state index contributed by atoms with van der Waals surface area (Å²) in [5.74, 6) is -0.215. The highest BCUT2D eigenvalue weighted by molar-refractivity contribution is 5.33. The number of piperidine rings is 1. The van der Waals surface area contributed by atoms with E-state index in [0.717, 1.165) is 19.5 Å². The predicted octanol–water partition coefficient (Wildman–Crippen LogP) is 2.27. The lowest BCUT2D eigenvalue weighted by atomic mass is 10.0. The quantitative estimate of drug-likeness (QED) is 0.903. The molecule has 0 aliphatic carbocycles. The molecule has 1 aromatic rings. The summed E-state index contributed by atoms with van der Waals surface area (Å²) < 4.78 is 13.8. The second-order valence-electron chi connectivity index (χ2n) is 5.10. The fraction of sp³-hybridized carbons (Fsp3) is 0.533. The first-order chi connectivity index (χ1) is 9.24. The van der Waals surface area contributed by atoms with E-state index < -0.39 is 0 Å². The third-order valence-electron chi connectivity index (χ3n) is 3.74. The van der Waals surface area contributed by atoms with Crippen LogP contribution in [-0.2, 0) is 6.54 Å². The summed E-state index contributed by atoms with van der Waals surface area (Å²) in [6.45, 7) is 2.52. The van der Waals surface area contributed by atoms with Gasteiger partial charge < -0.3 is 5.32 Å². The molecule has 0 radical (unpaired) electrons. The van der Waals surface area contributed by atoms with Gasteiger partial charge in [-0.1, -0.05) is 6.42 Å². The second-order valence-corrected chi connectivity index (χ2v) is 5.10. The highest BCUT2D eigenvalue weighted by atomic mass is 19.1. The van der Waals surface area contributed by atoms with Crippen LogP contribution in [0.1, 0.15) is 30.4 Å². The first-order valence-electron chi connectivity index (χ1n) is 6.81. The fourth-order valence-corrected chi connectivity index (χ4v) is 2.72. The molecule has 1 aliphatic heterocycles. The highest BCUT2D eigenvalue weighted by Crippen LogP contribution is 2.21. The van der Waals surface area contributed by atoms with Crippen LogP contribution in [0.15, 0.2) is 18.2 Å². The zero-order valence-electron chi connectivity index (χ0n) is 11.3. The average Bonchev–Trinajstić information content (AvgIpc) is 2.43. The molecule has 1 unspecified atom stereocenters. The number of hydrogen-bond donors (Lipinski definition) is 1. The molecular formula is C15H20FN3. The molecular weight excluding hydrogens is 241 g/mol. The molecule has 4 heteroatoms. The number of nitrogens with zero attached hydrogens (tertiary/aromatic N) is 2. The summed E-state index contributed by atoms with van der Waals surface area (Å²) in [6, 6.07) is 7.12. The Labute approximate surface area is 114 Å². The van der Waals surface area contributed by atoms with Crippen molar-refractivity contribution >= 4 is 0 Å². The van der Waals surface area contributed by atoms with Crippen molar-refractivity contribution in [1.29, 1.82) is 5.26 Å². The average molecular weight is 261 g/mol. The van der Waals surface area contributed by atoms with Crippen LogP contribution in [0.2, 0.25) is 0 Å². The summed E-state index contributed by atoms with van der Waals surface area (Å²) in [6.07, 6.45) is 3.56. The summed E-state index contributed by atoms with van der Waals surface area (Å²) >= 11 is 0. The Kier molecular flexibility index (Phi) is 4.89. The number of benzene rings is 1. The minimum absolute atomic E-state index is 0.215. The van der Waals surface area contributed by atoms with Gasteiger partial charge in [-0.15, -0.1) is 0 Å². The molecule has 0 amide bonds. The van der Waals surface area contributed by atoms with E-state index in [1.807, 2.05) is 7.05 Å². The van der Waals surface area contributed by atoms with E-state index in [-0.39, 0.29) is 5.82 Å². The maximum absolute atomic E-state index is 13.8. The van der Waals surface area contributed by atoms with Gasteiger partial charge in [-0.3, -0.25) is 4.90 Å². The molecule has 1 aromatic carbocycles. The van der Waals surface area contributed by atoms with Crippen molar-refractivity contribution in [3.63, 3.8) is 0 Å². The van der Waals surface area contributed by atoms with Crippen LogP contribution in [0.25, 0.3) is 0 Å². The molecule has 0 bridgehead atoms. The molecule has 1 saturated heterocycles. The topological polar surface area (TPSA) is 39.1 Å². The van der Waals surface area contributed by atoms with Crippen molar-refractivity contribution in [3.05, 3.63) is 35.1 Å². The van der Waals surface area contributed by atoms with Crippen molar-refractivity contribution in [2.24, 2.45) is 0 Å². The molecule has 102 valence electrons. The van der Waals surface area contributed by atoms with Gasteiger partial charge in [0.15, 0.2) is 0 Å². The van der Waals surface area contributed by atoms with Gasteiger partial charge in [0, 0.05) is 24.7 Å². The zero-order valence-corrected chi connectivity index (χ0v) is 11.3. The SMILES string of the molecule is CNCC1CCCCN1Cc1cc(C#N)ccc1F. The lowest BCUT2D eigenvalue weighted by Gasteiger charge is -2.35. The largest absolute Gasteiger partial charge is 0.318 e. The summed E-state index contributed by atoms with van der Waals surface area (Å²) in [4.78, 5) is 2.32. The standard InChI is InChI=1S/C15H20FN3/c1-18-10-14-4-2-3-7-19(14)11-13-8-12(9-17)5-6-15(13)16/h5-6,8,14,18H,2-4,7,10-11H2,1H3. The maximum atomic E-state index is 13.8. The van der Waals surface area contributed by atoms with Crippen molar-refractivity contribution in [2.75, 3.05) is 20.1 Å². The molecule has 1 atom stereocenters. The Morgan fingerprint density at radius 3 is 3.05 bits per heavy atom. The molecule has 3 nitrogen and oxygen atoms in total. The van der Waals surface area contributed by atoms with Crippen molar-refractivity contribution < 1.29 is 4.39 Å². The molecule has 19 heavy (non-hydrogen) atoms. The van der Waals surface area contributed by atoms with Gasteiger partial charge >= 0.3 is 0 Å². The van der Waals surface area contributed by atoms with Gasteiger partial charge in [-0.05, 0) is 44.6 Å². The molecule has 0 aromatic heterocycles. The van der Waals surface area contributed by atoms with Crippen LogP contribution in [0.4, 0.5) is 4.39 Å². The minimum atomic E-state index is -0.215. The summed E-state index contributed by atoms with van der Waals surface area (Å²) in [5, 5.41) is 12.1. The van der Waals surface area contributed by atoms with Gasteiger partial charge in [-0.25, -0.2) is 4.39 Å². The van der Waals surface area contributed by atoms with E-state index in [9.17, 15) is 4.39 Å². The first kappa shape index (κ1) is 14.0. The van der Waals surface area contributed by atoms with Crippen molar-refractivity contribution in [2.45, 2.75) is 31.8 Å². The number of halogens is 1. The van der Waals surface area contributed by atoms with Crippen LogP contribution in [-0.4, -0.2) is 31.1 Å². The maximum Gasteiger partial charge on any atom is 0.127 e. The van der Waals surface area contributed by atoms with E-state index in [4.69, 9.17) is 5.26 Å². The minimum Gasteiger partial charge on any atom is -0.318 e. The summed E-state index contributed by atoms with van der Waals surface area (Å²) in [5.41, 5.74) is 1.15. The predicted molar refractivity (Wildman–Crippen MR) is 73.1 cm³/mol. The first-order valence-corrected chi connectivity index (χ1v) is 6.81. The smallest absolute Gasteiger partial charge is 0.127 e. The highest BCUT2D eigenvalue weighted by Gasteiger charge is 2.22. The van der Waals surface area contributed by atoms with Crippen LogP contribution in [0, 0.1) is 17.1 Å². The van der Waals surface area contributed by atoms with Gasteiger partial charge in [0.05, 0.1) is 11.6 Å².